The van der Waals surface area contributed by atoms with Gasteiger partial charge in [0.15, 0.2) is 0 Å². The van der Waals surface area contributed by atoms with Crippen LogP contribution in [0.5, 0.6) is 0 Å². The van der Waals surface area contributed by atoms with Crippen molar-refractivity contribution in [1.82, 2.24) is 9.55 Å². The second-order valence-electron chi connectivity index (χ2n) is 6.40. The molecule has 0 saturated carbocycles. The SMILES string of the molecule is CCc1ccc(Cl)c(CC)c1N1C(=O)c2cc3c(ccn3C)nc2C1=O. The molecule has 132 valence electrons. The van der Waals surface area contributed by atoms with Gasteiger partial charge in [-0.15, -0.1) is 0 Å². The van der Waals surface area contributed by atoms with E-state index in [0.717, 1.165) is 16.6 Å². The van der Waals surface area contributed by atoms with Crippen molar-refractivity contribution in [2.45, 2.75) is 26.7 Å². The molecular weight excluding hydrogens is 350 g/mol. The average Bonchev–Trinajstić information content (AvgIpc) is 3.11. The highest BCUT2D eigenvalue weighted by Gasteiger charge is 2.40. The maximum atomic E-state index is 13.1. The minimum absolute atomic E-state index is 0.206. The van der Waals surface area contributed by atoms with Crippen LogP contribution in [0, 0.1) is 0 Å². The van der Waals surface area contributed by atoms with Crippen LogP contribution < -0.4 is 4.90 Å². The number of pyridine rings is 1. The number of carbonyl (C=O) groups excluding carboxylic acids is 2. The van der Waals surface area contributed by atoms with E-state index in [9.17, 15) is 9.59 Å². The molecule has 0 radical (unpaired) electrons. The quantitative estimate of drug-likeness (QED) is 0.653. The van der Waals surface area contributed by atoms with Crippen molar-refractivity contribution in [2.24, 2.45) is 7.05 Å². The van der Waals surface area contributed by atoms with E-state index < -0.39 is 0 Å². The van der Waals surface area contributed by atoms with Gasteiger partial charge in [-0.3, -0.25) is 9.59 Å². The number of anilines is 1. The number of hydrogen-bond donors (Lipinski definition) is 0. The van der Waals surface area contributed by atoms with Gasteiger partial charge in [-0.1, -0.05) is 31.5 Å². The second-order valence-corrected chi connectivity index (χ2v) is 6.81. The van der Waals surface area contributed by atoms with Crippen molar-refractivity contribution < 1.29 is 9.59 Å². The number of hydrogen-bond acceptors (Lipinski definition) is 3. The van der Waals surface area contributed by atoms with Crippen LogP contribution in [-0.4, -0.2) is 21.4 Å². The smallest absolute Gasteiger partial charge is 0.284 e. The molecule has 0 bridgehead atoms. The van der Waals surface area contributed by atoms with Crippen molar-refractivity contribution in [3.8, 4) is 0 Å². The molecule has 0 aliphatic carbocycles. The van der Waals surface area contributed by atoms with Gasteiger partial charge in [0.1, 0.15) is 5.69 Å². The number of amides is 2. The largest absolute Gasteiger partial charge is 0.349 e. The monoisotopic (exact) mass is 367 g/mol. The fraction of sp³-hybridized carbons (Fsp3) is 0.250. The Bertz CT molecular complexity index is 1080. The molecule has 4 rings (SSSR count). The summed E-state index contributed by atoms with van der Waals surface area (Å²) < 4.78 is 1.89. The molecule has 2 amide bonds. The van der Waals surface area contributed by atoms with Gasteiger partial charge in [0.2, 0.25) is 0 Å². The van der Waals surface area contributed by atoms with E-state index in [1.165, 1.54) is 4.90 Å². The maximum absolute atomic E-state index is 13.1. The van der Waals surface area contributed by atoms with Gasteiger partial charge in [0, 0.05) is 18.3 Å². The Morgan fingerprint density at radius 1 is 1.08 bits per heavy atom. The zero-order chi connectivity index (χ0) is 18.6. The summed E-state index contributed by atoms with van der Waals surface area (Å²) in [6, 6.07) is 7.29. The number of fused-ring (bicyclic) bond motifs is 2. The number of rotatable bonds is 3. The van der Waals surface area contributed by atoms with Crippen LogP contribution in [0.1, 0.15) is 45.8 Å². The molecule has 0 saturated heterocycles. The molecule has 0 N–H and O–H groups in total. The summed E-state index contributed by atoms with van der Waals surface area (Å²) in [4.78, 5) is 31.9. The van der Waals surface area contributed by atoms with Gasteiger partial charge in [-0.2, -0.15) is 0 Å². The van der Waals surface area contributed by atoms with E-state index in [0.29, 0.717) is 34.6 Å². The first kappa shape index (κ1) is 16.8. The minimum atomic E-state index is -0.387. The highest BCUT2D eigenvalue weighted by Crippen LogP contribution is 2.37. The summed E-state index contributed by atoms with van der Waals surface area (Å²) in [5.74, 6) is -0.727. The molecule has 1 aliphatic rings. The maximum Gasteiger partial charge on any atom is 0.284 e. The molecule has 0 unspecified atom stereocenters. The number of aryl methyl sites for hydroxylation is 2. The zero-order valence-corrected chi connectivity index (χ0v) is 15.6. The summed E-state index contributed by atoms with van der Waals surface area (Å²) in [5, 5.41) is 0.564. The average molecular weight is 368 g/mol. The van der Waals surface area contributed by atoms with Crippen LogP contribution in [0.25, 0.3) is 11.0 Å². The fourth-order valence-corrected chi connectivity index (χ4v) is 3.88. The molecule has 5 nitrogen and oxygen atoms in total. The summed E-state index contributed by atoms with van der Waals surface area (Å²) >= 11 is 6.36. The lowest BCUT2D eigenvalue weighted by Crippen LogP contribution is -2.31. The lowest BCUT2D eigenvalue weighted by Gasteiger charge is -2.22. The van der Waals surface area contributed by atoms with Crippen LogP contribution in [0.15, 0.2) is 30.5 Å². The van der Waals surface area contributed by atoms with Crippen molar-refractivity contribution in [3.63, 3.8) is 0 Å². The molecule has 26 heavy (non-hydrogen) atoms. The van der Waals surface area contributed by atoms with Crippen molar-refractivity contribution >= 4 is 40.1 Å². The van der Waals surface area contributed by atoms with Gasteiger partial charge in [0.05, 0.1) is 22.3 Å². The molecule has 1 aromatic carbocycles. The van der Waals surface area contributed by atoms with Gasteiger partial charge in [-0.05, 0) is 42.2 Å². The Labute approximate surface area is 156 Å². The predicted octanol–water partition coefficient (Wildman–Crippen LogP) is 4.15. The van der Waals surface area contributed by atoms with Crippen molar-refractivity contribution in [3.05, 3.63) is 57.9 Å². The summed E-state index contributed by atoms with van der Waals surface area (Å²) in [5.41, 5.74) is 4.41. The molecule has 6 heteroatoms. The first-order valence-electron chi connectivity index (χ1n) is 8.63. The number of carbonyl (C=O) groups is 2. The number of benzene rings is 1. The van der Waals surface area contributed by atoms with Crippen LogP contribution in [-0.2, 0) is 19.9 Å². The molecule has 2 aromatic heterocycles. The molecule has 0 fully saturated rings. The van der Waals surface area contributed by atoms with E-state index >= 15 is 0 Å². The number of halogens is 1. The zero-order valence-electron chi connectivity index (χ0n) is 14.8. The first-order valence-corrected chi connectivity index (χ1v) is 9.00. The van der Waals surface area contributed by atoms with Gasteiger partial charge in [-0.25, -0.2) is 9.88 Å². The minimum Gasteiger partial charge on any atom is -0.349 e. The Kier molecular flexibility index (Phi) is 3.84. The lowest BCUT2D eigenvalue weighted by molar-refractivity contribution is 0.0924. The van der Waals surface area contributed by atoms with Crippen molar-refractivity contribution in [2.75, 3.05) is 4.90 Å². The highest BCUT2D eigenvalue weighted by atomic mass is 35.5. The van der Waals surface area contributed by atoms with Crippen LogP contribution in [0.2, 0.25) is 5.02 Å². The van der Waals surface area contributed by atoms with Gasteiger partial charge in [0.25, 0.3) is 11.8 Å². The summed E-state index contributed by atoms with van der Waals surface area (Å²) in [6.07, 6.45) is 3.19. The molecule has 1 aliphatic heterocycles. The van der Waals surface area contributed by atoms with Crippen molar-refractivity contribution in [1.29, 1.82) is 0 Å². The molecule has 3 aromatic rings. The Hall–Kier alpha value is -2.66. The third-order valence-electron chi connectivity index (χ3n) is 4.97. The Morgan fingerprint density at radius 3 is 2.54 bits per heavy atom. The Balaban J connectivity index is 1.95. The Morgan fingerprint density at radius 2 is 1.85 bits per heavy atom. The topological polar surface area (TPSA) is 55.2 Å². The number of imide groups is 1. The van der Waals surface area contributed by atoms with E-state index in [1.54, 1.807) is 6.07 Å². The second kappa shape index (κ2) is 5.95. The highest BCUT2D eigenvalue weighted by molar-refractivity contribution is 6.36. The first-order chi connectivity index (χ1) is 12.5. The molecular formula is C20H18ClN3O2. The fourth-order valence-electron chi connectivity index (χ4n) is 3.59. The van der Waals surface area contributed by atoms with E-state index in [2.05, 4.69) is 4.98 Å². The van der Waals surface area contributed by atoms with Gasteiger partial charge < -0.3 is 4.57 Å². The molecule has 0 spiro atoms. The van der Waals surface area contributed by atoms with E-state index in [4.69, 9.17) is 11.6 Å². The third kappa shape index (κ3) is 2.20. The van der Waals surface area contributed by atoms with Crippen LogP contribution in [0.4, 0.5) is 5.69 Å². The standard InChI is InChI=1S/C20H18ClN3O2/c1-4-11-6-7-14(21)12(5-2)18(11)24-19(25)13-10-16-15(8-9-23(16)3)22-17(13)20(24)26/h6-10H,4-5H2,1-3H3. The van der Waals surface area contributed by atoms with E-state index in [-0.39, 0.29) is 17.5 Å². The lowest BCUT2D eigenvalue weighted by atomic mass is 10.0. The summed E-state index contributed by atoms with van der Waals surface area (Å²) in [7, 11) is 1.89. The summed E-state index contributed by atoms with van der Waals surface area (Å²) in [6.45, 7) is 3.96. The number of aromatic nitrogens is 2. The van der Waals surface area contributed by atoms with Crippen LogP contribution in [0.3, 0.4) is 0 Å². The normalized spacial score (nSPS) is 13.8. The predicted molar refractivity (Wildman–Crippen MR) is 102 cm³/mol. The van der Waals surface area contributed by atoms with Crippen LogP contribution >= 0.6 is 11.6 Å². The van der Waals surface area contributed by atoms with E-state index in [1.807, 2.05) is 49.9 Å². The molecule has 0 atom stereocenters. The molecule has 3 heterocycles. The van der Waals surface area contributed by atoms with Gasteiger partial charge >= 0.3 is 0 Å². The number of nitrogens with zero attached hydrogens (tertiary/aromatic N) is 3. The third-order valence-corrected chi connectivity index (χ3v) is 5.33.